The average Bonchev–Trinajstić information content (AvgIpc) is 2.48. The quantitative estimate of drug-likeness (QED) is 0.903. The van der Waals surface area contributed by atoms with E-state index >= 15 is 0 Å². The normalized spacial score (nSPS) is 18.6. The Balaban J connectivity index is 1.85. The number of phenolic OH excluding ortho intramolecular Hbond substituents is 1. The van der Waals surface area contributed by atoms with Crippen molar-refractivity contribution in [3.63, 3.8) is 0 Å². The number of nitrogens with zero attached hydrogens (tertiary/aromatic N) is 4. The molecule has 3 rings (SSSR count). The Labute approximate surface area is 142 Å². The van der Waals surface area contributed by atoms with Crippen molar-refractivity contribution in [2.24, 2.45) is 0 Å². The molecule has 1 aliphatic rings. The summed E-state index contributed by atoms with van der Waals surface area (Å²) in [5.74, 6) is 0.780. The van der Waals surface area contributed by atoms with E-state index in [0.717, 1.165) is 36.3 Å². The molecule has 1 aromatic carbocycles. The zero-order chi connectivity index (χ0) is 17.3. The van der Waals surface area contributed by atoms with Crippen molar-refractivity contribution in [1.82, 2.24) is 20.1 Å². The first-order chi connectivity index (χ1) is 11.4. The maximum Gasteiger partial charge on any atom is 0.243 e. The fourth-order valence-corrected chi connectivity index (χ4v) is 3.42. The summed E-state index contributed by atoms with van der Waals surface area (Å²) in [6, 6.07) is 4.12. The highest BCUT2D eigenvalue weighted by molar-refractivity contribution is 5.72. The van der Waals surface area contributed by atoms with E-state index in [2.05, 4.69) is 32.4 Å². The van der Waals surface area contributed by atoms with Crippen molar-refractivity contribution in [2.75, 3.05) is 25.5 Å². The second-order valence-electron chi connectivity index (χ2n) is 6.79. The summed E-state index contributed by atoms with van der Waals surface area (Å²) in [6.07, 6.45) is 2.29. The van der Waals surface area contributed by atoms with Crippen molar-refractivity contribution >= 4 is 5.95 Å². The Morgan fingerprint density at radius 3 is 2.67 bits per heavy atom. The average molecular weight is 327 g/mol. The van der Waals surface area contributed by atoms with E-state index in [0.29, 0.717) is 23.2 Å². The molecular weight excluding hydrogens is 302 g/mol. The van der Waals surface area contributed by atoms with E-state index in [-0.39, 0.29) is 5.75 Å². The minimum absolute atomic E-state index is 0.223. The third kappa shape index (κ3) is 3.48. The summed E-state index contributed by atoms with van der Waals surface area (Å²) in [4.78, 5) is 6.87. The molecule has 6 nitrogen and oxygen atoms in total. The molecule has 2 aromatic rings. The Morgan fingerprint density at radius 2 is 2.00 bits per heavy atom. The van der Waals surface area contributed by atoms with Crippen LogP contribution in [0.15, 0.2) is 12.1 Å². The van der Waals surface area contributed by atoms with Gasteiger partial charge in [0.1, 0.15) is 11.4 Å². The van der Waals surface area contributed by atoms with Gasteiger partial charge in [0, 0.05) is 18.2 Å². The fraction of sp³-hybridized carbons (Fsp3) is 0.500. The molecule has 0 aliphatic carbocycles. The summed E-state index contributed by atoms with van der Waals surface area (Å²) < 4.78 is 0. The van der Waals surface area contributed by atoms with Gasteiger partial charge in [-0.25, -0.2) is 4.98 Å². The van der Waals surface area contributed by atoms with Crippen LogP contribution in [0, 0.1) is 20.8 Å². The molecule has 6 heteroatoms. The van der Waals surface area contributed by atoms with Crippen molar-refractivity contribution < 1.29 is 5.11 Å². The topological polar surface area (TPSA) is 74.2 Å². The maximum atomic E-state index is 10.3. The molecule has 24 heavy (non-hydrogen) atoms. The Bertz CT molecular complexity index is 723. The Hall–Kier alpha value is -2.21. The minimum Gasteiger partial charge on any atom is -0.507 e. The largest absolute Gasteiger partial charge is 0.507 e. The van der Waals surface area contributed by atoms with Crippen molar-refractivity contribution in [1.29, 1.82) is 0 Å². The van der Waals surface area contributed by atoms with Crippen molar-refractivity contribution in [2.45, 2.75) is 39.7 Å². The summed E-state index contributed by atoms with van der Waals surface area (Å²) >= 11 is 0. The molecule has 2 N–H and O–H groups in total. The third-order valence-corrected chi connectivity index (χ3v) is 4.51. The van der Waals surface area contributed by atoms with Gasteiger partial charge in [-0.1, -0.05) is 6.07 Å². The van der Waals surface area contributed by atoms with E-state index in [1.165, 1.54) is 6.42 Å². The predicted octanol–water partition coefficient (Wildman–Crippen LogP) is 2.68. The van der Waals surface area contributed by atoms with Gasteiger partial charge in [0.25, 0.3) is 0 Å². The van der Waals surface area contributed by atoms with Crippen LogP contribution in [0.5, 0.6) is 5.75 Å². The lowest BCUT2D eigenvalue weighted by atomic mass is 10.0. The van der Waals surface area contributed by atoms with Crippen molar-refractivity contribution in [3.05, 3.63) is 29.0 Å². The summed E-state index contributed by atoms with van der Waals surface area (Å²) in [5.41, 5.74) is 4.10. The molecule has 0 spiro atoms. The van der Waals surface area contributed by atoms with Crippen LogP contribution in [-0.2, 0) is 0 Å². The van der Waals surface area contributed by atoms with E-state index in [1.807, 2.05) is 26.8 Å². The first-order valence-corrected chi connectivity index (χ1v) is 8.41. The van der Waals surface area contributed by atoms with Gasteiger partial charge in [0.05, 0.1) is 5.69 Å². The third-order valence-electron chi connectivity index (χ3n) is 4.51. The van der Waals surface area contributed by atoms with Gasteiger partial charge in [-0.05, 0) is 64.4 Å². The van der Waals surface area contributed by atoms with E-state index in [4.69, 9.17) is 0 Å². The lowest BCUT2D eigenvalue weighted by Crippen LogP contribution is -2.40. The van der Waals surface area contributed by atoms with E-state index in [9.17, 15) is 5.11 Å². The SMILES string of the molecule is Cc1cc(C)c(-c2nnc(NC3CCCN(C)C3)nc2C)c(O)c1. The number of hydrogen-bond acceptors (Lipinski definition) is 6. The zero-order valence-corrected chi connectivity index (χ0v) is 14.8. The van der Waals surface area contributed by atoms with Crippen LogP contribution in [0.3, 0.4) is 0 Å². The molecule has 1 unspecified atom stereocenters. The molecule has 0 radical (unpaired) electrons. The molecule has 0 amide bonds. The lowest BCUT2D eigenvalue weighted by molar-refractivity contribution is 0.260. The molecule has 1 fully saturated rings. The highest BCUT2D eigenvalue weighted by Crippen LogP contribution is 2.33. The number of aryl methyl sites for hydroxylation is 3. The predicted molar refractivity (Wildman–Crippen MR) is 95.3 cm³/mol. The Morgan fingerprint density at radius 1 is 1.21 bits per heavy atom. The van der Waals surface area contributed by atoms with Gasteiger partial charge in [-0.3, -0.25) is 0 Å². The van der Waals surface area contributed by atoms with Crippen LogP contribution in [-0.4, -0.2) is 51.4 Å². The number of likely N-dealkylation sites (N-methyl/N-ethyl adjacent to an activating group) is 1. The number of piperidine rings is 1. The van der Waals surface area contributed by atoms with Crippen LogP contribution >= 0.6 is 0 Å². The Kier molecular flexibility index (Phi) is 4.66. The summed E-state index contributed by atoms with van der Waals surface area (Å²) in [7, 11) is 2.13. The first-order valence-electron chi connectivity index (χ1n) is 8.41. The van der Waals surface area contributed by atoms with Gasteiger partial charge in [0.2, 0.25) is 5.95 Å². The van der Waals surface area contributed by atoms with Gasteiger partial charge >= 0.3 is 0 Å². The van der Waals surface area contributed by atoms with E-state index in [1.54, 1.807) is 6.07 Å². The highest BCUT2D eigenvalue weighted by Gasteiger charge is 2.19. The second-order valence-corrected chi connectivity index (χ2v) is 6.79. The van der Waals surface area contributed by atoms with Gasteiger partial charge < -0.3 is 15.3 Å². The van der Waals surface area contributed by atoms with Gasteiger partial charge in [0.15, 0.2) is 0 Å². The standard InChI is InChI=1S/C18H25N5O/c1-11-8-12(2)16(15(24)9-11)17-13(3)19-18(22-21-17)20-14-6-5-7-23(4)10-14/h8-9,14,24H,5-7,10H2,1-4H3,(H,19,20,22). The summed E-state index contributed by atoms with van der Waals surface area (Å²) in [5, 5.41) is 22.2. The van der Waals surface area contributed by atoms with Crippen LogP contribution in [0.1, 0.15) is 29.7 Å². The van der Waals surface area contributed by atoms with Crippen molar-refractivity contribution in [3.8, 4) is 17.0 Å². The van der Waals surface area contributed by atoms with Crippen LogP contribution in [0.25, 0.3) is 11.3 Å². The summed E-state index contributed by atoms with van der Waals surface area (Å²) in [6.45, 7) is 7.96. The van der Waals surface area contributed by atoms with E-state index < -0.39 is 0 Å². The minimum atomic E-state index is 0.223. The number of benzene rings is 1. The number of nitrogens with one attached hydrogen (secondary N) is 1. The molecule has 1 aliphatic heterocycles. The van der Waals surface area contributed by atoms with Crippen LogP contribution in [0.2, 0.25) is 0 Å². The second kappa shape index (κ2) is 6.73. The smallest absolute Gasteiger partial charge is 0.243 e. The molecule has 0 bridgehead atoms. The monoisotopic (exact) mass is 327 g/mol. The molecule has 128 valence electrons. The molecular formula is C18H25N5O. The number of rotatable bonds is 3. The number of likely N-dealkylation sites (tertiary alicyclic amines) is 1. The molecule has 2 heterocycles. The molecule has 1 aromatic heterocycles. The van der Waals surface area contributed by atoms with Crippen LogP contribution < -0.4 is 5.32 Å². The lowest BCUT2D eigenvalue weighted by Gasteiger charge is -2.30. The fourth-order valence-electron chi connectivity index (χ4n) is 3.42. The number of aromatic nitrogens is 3. The molecule has 1 saturated heterocycles. The maximum absolute atomic E-state index is 10.3. The molecule has 0 saturated carbocycles. The number of anilines is 1. The van der Waals surface area contributed by atoms with Gasteiger partial charge in [-0.15, -0.1) is 10.2 Å². The van der Waals surface area contributed by atoms with Crippen LogP contribution in [0.4, 0.5) is 5.95 Å². The number of aromatic hydroxyl groups is 1. The first kappa shape index (κ1) is 16.6. The number of hydrogen-bond donors (Lipinski definition) is 2. The number of phenols is 1. The molecule has 1 atom stereocenters. The van der Waals surface area contributed by atoms with Gasteiger partial charge in [-0.2, -0.15) is 0 Å². The zero-order valence-electron chi connectivity index (χ0n) is 14.8. The highest BCUT2D eigenvalue weighted by atomic mass is 16.3.